The van der Waals surface area contributed by atoms with Gasteiger partial charge in [0.1, 0.15) is 18.3 Å². The van der Waals surface area contributed by atoms with Gasteiger partial charge in [-0.15, -0.1) is 0 Å². The van der Waals surface area contributed by atoms with Crippen LogP contribution in [0.1, 0.15) is 6.92 Å². The van der Waals surface area contributed by atoms with Gasteiger partial charge >= 0.3 is 0 Å². The molecule has 11 heavy (non-hydrogen) atoms. The summed E-state index contributed by atoms with van der Waals surface area (Å²) in [4.78, 5) is 0. The SMILES string of the molecule is CC1O[C@H](O)C(O)[C@@H](O)[C@@H]1O. The molecule has 5 heteroatoms. The van der Waals surface area contributed by atoms with E-state index in [9.17, 15) is 0 Å². The minimum absolute atomic E-state index is 0.664. The molecular weight excluding hydrogens is 152 g/mol. The maximum absolute atomic E-state index is 9.09. The molecule has 0 spiro atoms. The number of aliphatic hydroxyl groups excluding tert-OH is 4. The lowest BCUT2D eigenvalue weighted by molar-refractivity contribution is -0.277. The summed E-state index contributed by atoms with van der Waals surface area (Å²) in [6.07, 6.45) is -5.99. The molecule has 0 aliphatic carbocycles. The van der Waals surface area contributed by atoms with E-state index in [-0.39, 0.29) is 0 Å². The van der Waals surface area contributed by atoms with Crippen LogP contribution in [0.5, 0.6) is 0 Å². The Kier molecular flexibility index (Phi) is 2.46. The third kappa shape index (κ3) is 1.52. The van der Waals surface area contributed by atoms with Crippen LogP contribution in [-0.2, 0) is 4.74 Å². The molecule has 1 aliphatic heterocycles. The first-order valence-electron chi connectivity index (χ1n) is 3.41. The van der Waals surface area contributed by atoms with Gasteiger partial charge in [-0.3, -0.25) is 0 Å². The van der Waals surface area contributed by atoms with Crippen LogP contribution in [0.4, 0.5) is 0 Å². The van der Waals surface area contributed by atoms with Crippen molar-refractivity contribution in [3.63, 3.8) is 0 Å². The van der Waals surface area contributed by atoms with E-state index in [0.717, 1.165) is 0 Å². The van der Waals surface area contributed by atoms with Crippen LogP contribution in [0, 0.1) is 0 Å². The van der Waals surface area contributed by atoms with Crippen LogP contribution in [-0.4, -0.2) is 51.1 Å². The molecule has 1 rings (SSSR count). The molecule has 5 nitrogen and oxygen atoms in total. The van der Waals surface area contributed by atoms with Gasteiger partial charge in [0.25, 0.3) is 0 Å². The average Bonchev–Trinajstić information content (AvgIpc) is 1.97. The van der Waals surface area contributed by atoms with Crippen molar-refractivity contribution in [2.24, 2.45) is 0 Å². The van der Waals surface area contributed by atoms with Crippen LogP contribution < -0.4 is 0 Å². The van der Waals surface area contributed by atoms with Crippen LogP contribution in [0.25, 0.3) is 0 Å². The molecule has 1 aliphatic rings. The van der Waals surface area contributed by atoms with Crippen molar-refractivity contribution in [2.45, 2.75) is 37.6 Å². The summed E-state index contributed by atoms with van der Waals surface area (Å²) >= 11 is 0. The fourth-order valence-electron chi connectivity index (χ4n) is 1.03. The van der Waals surface area contributed by atoms with Crippen molar-refractivity contribution in [3.8, 4) is 0 Å². The van der Waals surface area contributed by atoms with E-state index >= 15 is 0 Å². The number of rotatable bonds is 0. The Balaban J connectivity index is 2.63. The fourth-order valence-corrected chi connectivity index (χ4v) is 1.03. The van der Waals surface area contributed by atoms with Gasteiger partial charge in [0.15, 0.2) is 6.29 Å². The Morgan fingerprint density at radius 2 is 1.45 bits per heavy atom. The highest BCUT2D eigenvalue weighted by Gasteiger charge is 2.40. The van der Waals surface area contributed by atoms with Crippen molar-refractivity contribution < 1.29 is 25.2 Å². The second-order valence-electron chi connectivity index (χ2n) is 2.70. The summed E-state index contributed by atoms with van der Waals surface area (Å²) in [7, 11) is 0. The van der Waals surface area contributed by atoms with Gasteiger partial charge < -0.3 is 25.2 Å². The van der Waals surface area contributed by atoms with E-state index in [2.05, 4.69) is 4.74 Å². The zero-order valence-corrected chi connectivity index (χ0v) is 6.08. The third-order valence-electron chi connectivity index (χ3n) is 1.83. The second kappa shape index (κ2) is 3.04. The lowest BCUT2D eigenvalue weighted by atomic mass is 10.0. The fraction of sp³-hybridized carbons (Fsp3) is 1.00. The van der Waals surface area contributed by atoms with E-state index < -0.39 is 30.7 Å². The topological polar surface area (TPSA) is 90.2 Å². The lowest BCUT2D eigenvalue weighted by Gasteiger charge is -2.36. The molecule has 5 atom stereocenters. The Morgan fingerprint density at radius 3 is 2.00 bits per heavy atom. The number of hydrogen-bond acceptors (Lipinski definition) is 5. The normalized spacial score (nSPS) is 52.6. The van der Waals surface area contributed by atoms with Crippen LogP contribution >= 0.6 is 0 Å². The van der Waals surface area contributed by atoms with Crippen molar-refractivity contribution >= 4 is 0 Å². The summed E-state index contributed by atoms with van der Waals surface area (Å²) in [5.74, 6) is 0. The molecule has 0 aromatic rings. The lowest BCUT2D eigenvalue weighted by Crippen LogP contribution is -2.56. The van der Waals surface area contributed by atoms with E-state index in [1.54, 1.807) is 0 Å². The van der Waals surface area contributed by atoms with Crippen LogP contribution in [0.15, 0.2) is 0 Å². The minimum Gasteiger partial charge on any atom is -0.388 e. The summed E-state index contributed by atoms with van der Waals surface area (Å²) < 4.78 is 4.68. The highest BCUT2D eigenvalue weighted by molar-refractivity contribution is 4.86. The van der Waals surface area contributed by atoms with Crippen molar-refractivity contribution in [1.82, 2.24) is 0 Å². The van der Waals surface area contributed by atoms with Crippen LogP contribution in [0.2, 0.25) is 0 Å². The molecule has 1 saturated heterocycles. The first-order valence-corrected chi connectivity index (χ1v) is 3.41. The smallest absolute Gasteiger partial charge is 0.183 e. The van der Waals surface area contributed by atoms with Gasteiger partial charge in [-0.1, -0.05) is 0 Å². The molecule has 1 fully saturated rings. The number of aliphatic hydroxyl groups is 4. The molecule has 4 N–H and O–H groups in total. The van der Waals surface area contributed by atoms with E-state index in [0.29, 0.717) is 0 Å². The zero-order valence-electron chi connectivity index (χ0n) is 6.08. The molecule has 1 heterocycles. The summed E-state index contributed by atoms with van der Waals surface area (Å²) in [5.41, 5.74) is 0. The van der Waals surface area contributed by atoms with Gasteiger partial charge in [-0.05, 0) is 6.92 Å². The Morgan fingerprint density at radius 1 is 0.909 bits per heavy atom. The van der Waals surface area contributed by atoms with Gasteiger partial charge in [-0.25, -0.2) is 0 Å². The predicted molar refractivity (Wildman–Crippen MR) is 34.6 cm³/mol. The molecule has 0 radical (unpaired) electrons. The van der Waals surface area contributed by atoms with E-state index in [1.807, 2.05) is 0 Å². The first-order chi connectivity index (χ1) is 5.04. The largest absolute Gasteiger partial charge is 0.388 e. The molecular formula is C6H12O5. The highest BCUT2D eigenvalue weighted by Crippen LogP contribution is 2.18. The first kappa shape index (κ1) is 8.89. The predicted octanol–water partition coefficient (Wildman–Crippen LogP) is -2.19. The third-order valence-corrected chi connectivity index (χ3v) is 1.83. The maximum Gasteiger partial charge on any atom is 0.183 e. The van der Waals surface area contributed by atoms with Gasteiger partial charge in [0, 0.05) is 0 Å². The Labute approximate surface area is 63.8 Å². The number of ether oxygens (including phenoxy) is 1. The van der Waals surface area contributed by atoms with E-state index in [1.165, 1.54) is 6.92 Å². The molecule has 2 unspecified atom stereocenters. The maximum atomic E-state index is 9.09. The summed E-state index contributed by atoms with van der Waals surface area (Å²) in [5, 5.41) is 36.0. The highest BCUT2D eigenvalue weighted by atomic mass is 16.6. The molecule has 0 amide bonds. The molecule has 0 saturated carbocycles. The molecule has 0 aromatic heterocycles. The van der Waals surface area contributed by atoms with Crippen LogP contribution in [0.3, 0.4) is 0 Å². The molecule has 0 aromatic carbocycles. The summed E-state index contributed by atoms with van der Waals surface area (Å²) in [6, 6.07) is 0. The second-order valence-corrected chi connectivity index (χ2v) is 2.70. The quantitative estimate of drug-likeness (QED) is 0.326. The average molecular weight is 164 g/mol. The van der Waals surface area contributed by atoms with Gasteiger partial charge in [-0.2, -0.15) is 0 Å². The van der Waals surface area contributed by atoms with Crippen molar-refractivity contribution in [3.05, 3.63) is 0 Å². The minimum atomic E-state index is -1.43. The standard InChI is InChI=1S/C6H12O5/c1-2-3(7)4(8)5(9)6(10)11-2/h2-10H,1H3/t2?,3-,4+,5?,6+/m1/s1. The van der Waals surface area contributed by atoms with Crippen molar-refractivity contribution in [1.29, 1.82) is 0 Å². The molecule has 0 bridgehead atoms. The van der Waals surface area contributed by atoms with E-state index in [4.69, 9.17) is 20.4 Å². The zero-order chi connectivity index (χ0) is 8.59. The Hall–Kier alpha value is -0.200. The molecule has 66 valence electrons. The van der Waals surface area contributed by atoms with Gasteiger partial charge in [0.05, 0.1) is 6.10 Å². The van der Waals surface area contributed by atoms with Crippen molar-refractivity contribution in [2.75, 3.05) is 0 Å². The number of hydrogen-bond donors (Lipinski definition) is 4. The van der Waals surface area contributed by atoms with Gasteiger partial charge in [0.2, 0.25) is 0 Å². The summed E-state index contributed by atoms with van der Waals surface area (Å²) in [6.45, 7) is 1.50. The monoisotopic (exact) mass is 164 g/mol. The Bertz CT molecular complexity index is 125.